The Hall–Kier alpha value is -4.74. The molecule has 0 unspecified atom stereocenters. The molecule has 3 aromatic heterocycles. The average Bonchev–Trinajstić information content (AvgIpc) is 3.72. The predicted molar refractivity (Wildman–Crippen MR) is 153 cm³/mol. The number of carboxylic acid groups (broad SMARTS) is 1. The first-order valence-corrected chi connectivity index (χ1v) is 14.1. The lowest BCUT2D eigenvalue weighted by atomic mass is 9.95. The van der Waals surface area contributed by atoms with Crippen molar-refractivity contribution in [2.45, 2.75) is 56.7 Å². The predicted octanol–water partition coefficient (Wildman–Crippen LogP) is 3.96. The molecule has 1 saturated carbocycles. The number of amides is 2. The first-order valence-electron chi connectivity index (χ1n) is 14.1. The molecule has 210 valence electrons. The number of anilines is 3. The summed E-state index contributed by atoms with van der Waals surface area (Å²) in [5.41, 5.74) is 2.13. The van der Waals surface area contributed by atoms with Gasteiger partial charge in [0.05, 0.1) is 29.5 Å². The largest absolute Gasteiger partial charge is 0.465 e. The summed E-state index contributed by atoms with van der Waals surface area (Å²) in [6, 6.07) is 9.76. The molecule has 4 aromatic rings. The maximum Gasteiger partial charge on any atom is 0.407 e. The van der Waals surface area contributed by atoms with Crippen LogP contribution in [0.25, 0.3) is 16.6 Å². The van der Waals surface area contributed by atoms with E-state index in [1.54, 1.807) is 24.8 Å². The highest BCUT2D eigenvalue weighted by atomic mass is 16.4. The second-order valence-corrected chi connectivity index (χ2v) is 11.0. The van der Waals surface area contributed by atoms with Crippen LogP contribution in [0.1, 0.15) is 48.9 Å². The number of nitrogens with one attached hydrogen (secondary N) is 2. The molecule has 2 amide bonds. The minimum Gasteiger partial charge on any atom is -0.465 e. The molecule has 1 aromatic carbocycles. The Morgan fingerprint density at radius 2 is 1.83 bits per heavy atom. The lowest BCUT2D eigenvalue weighted by Gasteiger charge is -2.33. The Labute approximate surface area is 236 Å². The molecule has 1 aliphatic carbocycles. The molecule has 7 rings (SSSR count). The molecule has 5 heterocycles. The smallest absolute Gasteiger partial charge is 0.407 e. The zero-order chi connectivity index (χ0) is 27.9. The topological polar surface area (TPSA) is 141 Å². The summed E-state index contributed by atoms with van der Waals surface area (Å²) in [5, 5.41) is 21.7. The molecule has 3 N–H and O–H groups in total. The van der Waals surface area contributed by atoms with E-state index in [9.17, 15) is 14.7 Å². The summed E-state index contributed by atoms with van der Waals surface area (Å²) in [6.45, 7) is 1.08. The van der Waals surface area contributed by atoms with Gasteiger partial charge in [0.25, 0.3) is 5.91 Å². The number of pyridine rings is 1. The van der Waals surface area contributed by atoms with Crippen molar-refractivity contribution < 1.29 is 14.7 Å². The lowest BCUT2D eigenvalue weighted by molar-refractivity contribution is 0.0927. The van der Waals surface area contributed by atoms with Crippen molar-refractivity contribution in [2.24, 2.45) is 0 Å². The highest BCUT2D eigenvalue weighted by molar-refractivity contribution is 6.01. The molecule has 2 atom stereocenters. The maximum atomic E-state index is 13.2. The van der Waals surface area contributed by atoms with Crippen molar-refractivity contribution in [2.75, 3.05) is 23.3 Å². The zero-order valence-electron chi connectivity index (χ0n) is 22.5. The number of hydrogen-bond donors (Lipinski definition) is 3. The van der Waals surface area contributed by atoms with Crippen molar-refractivity contribution in [1.29, 1.82) is 0 Å². The van der Waals surface area contributed by atoms with Gasteiger partial charge >= 0.3 is 6.09 Å². The molecule has 0 spiro atoms. The summed E-state index contributed by atoms with van der Waals surface area (Å²) in [6.07, 6.45) is 12.1. The molecule has 2 aliphatic heterocycles. The van der Waals surface area contributed by atoms with Gasteiger partial charge < -0.3 is 25.5 Å². The van der Waals surface area contributed by atoms with E-state index in [1.165, 1.54) is 11.3 Å². The number of likely N-dealkylation sites (tertiary alicyclic amines) is 1. The number of benzene rings is 1. The summed E-state index contributed by atoms with van der Waals surface area (Å²) >= 11 is 0. The van der Waals surface area contributed by atoms with Crippen LogP contribution in [0, 0.1) is 0 Å². The minimum atomic E-state index is -0.867. The Morgan fingerprint density at radius 3 is 2.59 bits per heavy atom. The maximum absolute atomic E-state index is 13.2. The molecule has 2 bridgehead atoms. The molecule has 0 radical (unpaired) electrons. The number of aromatic nitrogens is 5. The van der Waals surface area contributed by atoms with E-state index >= 15 is 0 Å². The fraction of sp³-hybridized carbons (Fsp3) is 0.379. The third kappa shape index (κ3) is 4.79. The summed E-state index contributed by atoms with van der Waals surface area (Å²) < 4.78 is 1.81. The number of carbonyl (C=O) groups is 2. The Morgan fingerprint density at radius 1 is 0.951 bits per heavy atom. The molecule has 2 saturated heterocycles. The Balaban J connectivity index is 1.24. The number of nitrogens with zero attached hydrogens (tertiary/aromatic N) is 7. The van der Waals surface area contributed by atoms with Gasteiger partial charge in [-0.1, -0.05) is 19.3 Å². The van der Waals surface area contributed by atoms with Crippen molar-refractivity contribution in [3.05, 3.63) is 60.7 Å². The summed E-state index contributed by atoms with van der Waals surface area (Å²) in [5.74, 6) is 1.85. The molecule has 41 heavy (non-hydrogen) atoms. The van der Waals surface area contributed by atoms with E-state index in [4.69, 9.17) is 5.10 Å². The third-order valence-corrected chi connectivity index (χ3v) is 8.45. The van der Waals surface area contributed by atoms with Gasteiger partial charge in [-0.05, 0) is 43.5 Å². The summed E-state index contributed by atoms with van der Waals surface area (Å²) in [4.78, 5) is 41.6. The normalized spacial score (nSPS) is 20.5. The number of hydrogen-bond acceptors (Lipinski definition) is 8. The van der Waals surface area contributed by atoms with Crippen LogP contribution in [-0.4, -0.2) is 78.0 Å². The van der Waals surface area contributed by atoms with Gasteiger partial charge in [0.15, 0.2) is 5.82 Å². The highest BCUT2D eigenvalue weighted by Gasteiger charge is 2.45. The monoisotopic (exact) mass is 553 g/mol. The van der Waals surface area contributed by atoms with Gasteiger partial charge in [-0.2, -0.15) is 0 Å². The number of rotatable bonds is 6. The molecular formula is C29H31N9O3. The second-order valence-electron chi connectivity index (χ2n) is 11.0. The fourth-order valence-corrected chi connectivity index (χ4v) is 6.42. The van der Waals surface area contributed by atoms with Gasteiger partial charge in [-0.3, -0.25) is 9.78 Å². The van der Waals surface area contributed by atoms with Crippen LogP contribution < -0.4 is 15.5 Å². The lowest BCUT2D eigenvalue weighted by Crippen LogP contribution is -2.48. The summed E-state index contributed by atoms with van der Waals surface area (Å²) in [7, 11) is 0. The second kappa shape index (κ2) is 10.3. The van der Waals surface area contributed by atoms with Crippen LogP contribution in [0.3, 0.4) is 0 Å². The van der Waals surface area contributed by atoms with Crippen molar-refractivity contribution in [3.63, 3.8) is 0 Å². The van der Waals surface area contributed by atoms with Crippen LogP contribution >= 0.6 is 0 Å². The van der Waals surface area contributed by atoms with E-state index < -0.39 is 6.09 Å². The van der Waals surface area contributed by atoms with Crippen LogP contribution in [0.5, 0.6) is 0 Å². The van der Waals surface area contributed by atoms with Crippen LogP contribution in [0.4, 0.5) is 22.2 Å². The number of carbonyl (C=O) groups excluding carboxylic acids is 1. The van der Waals surface area contributed by atoms with Crippen molar-refractivity contribution in [1.82, 2.24) is 34.9 Å². The van der Waals surface area contributed by atoms with E-state index in [1.807, 2.05) is 35.0 Å². The Kier molecular flexibility index (Phi) is 6.37. The highest BCUT2D eigenvalue weighted by Crippen LogP contribution is 2.35. The van der Waals surface area contributed by atoms with Crippen molar-refractivity contribution >= 4 is 40.4 Å². The first-order chi connectivity index (χ1) is 20.0. The quantitative estimate of drug-likeness (QED) is 0.323. The van der Waals surface area contributed by atoms with E-state index in [0.717, 1.165) is 54.5 Å². The van der Waals surface area contributed by atoms with E-state index in [-0.39, 0.29) is 24.0 Å². The molecule has 12 nitrogen and oxygen atoms in total. The fourth-order valence-electron chi connectivity index (χ4n) is 6.42. The molecular weight excluding hydrogens is 522 g/mol. The van der Waals surface area contributed by atoms with Gasteiger partial charge in [-0.25, -0.2) is 19.4 Å². The van der Waals surface area contributed by atoms with Crippen LogP contribution in [0.2, 0.25) is 0 Å². The first kappa shape index (κ1) is 25.2. The number of fused-ring (bicyclic) bond motifs is 3. The SMILES string of the molecule is O=C(NC1CCCCC1)c1ccc2c(Nc3cnccn3)nn(-c3ccnc(N4C[C@@H]5C[C@H]4CN5C(=O)O)c3)c2c1. The van der Waals surface area contributed by atoms with Gasteiger partial charge in [-0.15, -0.1) is 5.10 Å². The van der Waals surface area contributed by atoms with Gasteiger partial charge in [0, 0.05) is 54.7 Å². The number of piperazine rings is 1. The Bertz CT molecular complexity index is 1600. The van der Waals surface area contributed by atoms with E-state index in [0.29, 0.717) is 30.3 Å². The molecule has 12 heteroatoms. The van der Waals surface area contributed by atoms with Crippen LogP contribution in [0.15, 0.2) is 55.1 Å². The van der Waals surface area contributed by atoms with Gasteiger partial charge in [0.1, 0.15) is 11.6 Å². The van der Waals surface area contributed by atoms with Crippen LogP contribution in [-0.2, 0) is 0 Å². The van der Waals surface area contributed by atoms with Gasteiger partial charge in [0.2, 0.25) is 0 Å². The standard InChI is InChI=1S/C29H31N9O3/c39-28(33-19-4-2-1-3-5-19)18-6-7-23-24(12-18)38(35-27(23)34-25-15-30-10-11-31-25)20-8-9-32-26(14-20)36-16-22-13-21(36)17-37(22)29(40)41/h6-12,14-15,19,21-22H,1-5,13,16-17H2,(H,33,39)(H,40,41)(H,31,34,35)/t21-,22-/m0/s1. The molecule has 3 aliphatic rings. The average molecular weight is 554 g/mol. The molecule has 3 fully saturated rings. The minimum absolute atomic E-state index is 0.0264. The zero-order valence-corrected chi connectivity index (χ0v) is 22.5. The van der Waals surface area contributed by atoms with Crippen molar-refractivity contribution in [3.8, 4) is 5.69 Å². The van der Waals surface area contributed by atoms with E-state index in [2.05, 4.69) is 30.5 Å². The third-order valence-electron chi connectivity index (χ3n) is 8.45.